The van der Waals surface area contributed by atoms with Crippen LogP contribution < -0.4 is 5.32 Å². The third kappa shape index (κ3) is 9.43. The average molecular weight is 890 g/mol. The molecule has 63 heavy (non-hydrogen) atoms. The molecule has 336 valence electrons. The van der Waals surface area contributed by atoms with E-state index in [1.807, 2.05) is 0 Å². The second-order valence-electron chi connectivity index (χ2n) is 17.0. The summed E-state index contributed by atoms with van der Waals surface area (Å²) in [6.07, 6.45) is -10.8. The molecule has 1 saturated carbocycles. The molecule has 0 aromatic heterocycles. The molecule has 10 atom stereocenters. The van der Waals surface area contributed by atoms with Crippen LogP contribution in [0.3, 0.4) is 0 Å². The predicted octanol–water partition coefficient (Wildman–Crippen LogP) is 4.78. The van der Waals surface area contributed by atoms with Gasteiger partial charge in [-0.3, -0.25) is 19.2 Å². The Balaban J connectivity index is 1.50. The summed E-state index contributed by atoms with van der Waals surface area (Å²) in [6.45, 7) is 8.21. The molecule has 1 aliphatic heterocycles. The molecule has 2 aliphatic carbocycles. The summed E-state index contributed by atoms with van der Waals surface area (Å²) in [4.78, 5) is 81.9. The van der Waals surface area contributed by atoms with Gasteiger partial charge in [0.25, 0.3) is 5.91 Å². The number of benzene rings is 3. The molecule has 0 unspecified atom stereocenters. The number of fused-ring (bicyclic) bond motifs is 3. The van der Waals surface area contributed by atoms with Crippen LogP contribution in [0.1, 0.15) is 93.1 Å². The topological polar surface area (TPSA) is 221 Å². The first-order valence-electron chi connectivity index (χ1n) is 20.6. The van der Waals surface area contributed by atoms with E-state index in [0.717, 1.165) is 6.92 Å². The molecular formula is C47H52ClNO14. The fourth-order valence-corrected chi connectivity index (χ4v) is 9.29. The summed E-state index contributed by atoms with van der Waals surface area (Å²) in [7, 11) is 0. The monoisotopic (exact) mass is 889 g/mol. The maximum absolute atomic E-state index is 14.4. The lowest BCUT2D eigenvalue weighted by Gasteiger charge is -2.59. The molecule has 2 bridgehead atoms. The molecule has 1 heterocycles. The number of nitrogens with one attached hydrogen (secondary N) is 1. The van der Waals surface area contributed by atoms with Gasteiger partial charge in [-0.15, -0.1) is 0 Å². The smallest absolute Gasteiger partial charge is 0.338 e. The number of hydrogen-bond donors (Lipinski definition) is 4. The van der Waals surface area contributed by atoms with Crippen molar-refractivity contribution in [2.24, 2.45) is 11.3 Å². The van der Waals surface area contributed by atoms with Crippen LogP contribution in [0.5, 0.6) is 0 Å². The second-order valence-corrected chi connectivity index (χ2v) is 17.4. The molecule has 6 rings (SSSR count). The number of esters is 4. The highest BCUT2D eigenvalue weighted by Gasteiger charge is 2.67. The van der Waals surface area contributed by atoms with Crippen LogP contribution in [0.2, 0.25) is 5.02 Å². The Labute approximate surface area is 369 Å². The van der Waals surface area contributed by atoms with E-state index in [1.165, 1.54) is 50.2 Å². The Morgan fingerprint density at radius 3 is 2.06 bits per heavy atom. The summed E-state index contributed by atoms with van der Waals surface area (Å²) in [5.74, 6) is -6.33. The molecule has 1 saturated heterocycles. The number of rotatable bonds is 10. The molecule has 3 aromatic rings. The van der Waals surface area contributed by atoms with Crippen molar-refractivity contribution in [3.05, 3.63) is 118 Å². The summed E-state index contributed by atoms with van der Waals surface area (Å²) in [6, 6.07) is 20.7. The van der Waals surface area contributed by atoms with Gasteiger partial charge in [-0.05, 0) is 60.0 Å². The maximum Gasteiger partial charge on any atom is 0.338 e. The predicted molar refractivity (Wildman–Crippen MR) is 225 cm³/mol. The SMILES string of the molecule is CC(=O)O[C@H]1C(=O)C[C@@H](O)C[C@H]2OC[C@@]2(OC(C)=O)[C@H](C)[C@H](OC(=O)c2ccccc2)[C@]2(O)C[C@H](OC(=O)[C@H](O)[C@@H](NC(=O)c3ccc(Cl)cc3)c3ccccc3)C(C)=C1C2(C)C. The third-order valence-electron chi connectivity index (χ3n) is 12.6. The van der Waals surface area contributed by atoms with Gasteiger partial charge in [-0.25, -0.2) is 9.59 Å². The summed E-state index contributed by atoms with van der Waals surface area (Å²) >= 11 is 6.03. The highest BCUT2D eigenvalue weighted by molar-refractivity contribution is 6.30. The Morgan fingerprint density at radius 1 is 0.873 bits per heavy atom. The van der Waals surface area contributed by atoms with Gasteiger partial charge in [0.15, 0.2) is 23.6 Å². The minimum atomic E-state index is -2.37. The number of aliphatic hydroxyl groups is 3. The van der Waals surface area contributed by atoms with Crippen molar-refractivity contribution in [2.75, 3.05) is 6.61 Å². The van der Waals surface area contributed by atoms with E-state index in [-0.39, 0.29) is 35.3 Å². The van der Waals surface area contributed by atoms with Crippen molar-refractivity contribution < 1.29 is 67.8 Å². The highest BCUT2D eigenvalue weighted by Crippen LogP contribution is 2.56. The summed E-state index contributed by atoms with van der Waals surface area (Å²) in [5.41, 5.74) is -4.95. The lowest BCUT2D eigenvalue weighted by Crippen LogP contribution is -2.72. The lowest BCUT2D eigenvalue weighted by atomic mass is 9.54. The maximum atomic E-state index is 14.4. The first-order chi connectivity index (χ1) is 29.7. The van der Waals surface area contributed by atoms with Gasteiger partial charge >= 0.3 is 23.9 Å². The zero-order valence-electron chi connectivity index (χ0n) is 35.7. The zero-order chi connectivity index (χ0) is 46.0. The number of carbonyl (C=O) groups excluding carboxylic acids is 6. The Morgan fingerprint density at radius 2 is 1.49 bits per heavy atom. The van der Waals surface area contributed by atoms with Crippen molar-refractivity contribution >= 4 is 47.2 Å². The number of halogens is 1. The van der Waals surface area contributed by atoms with Gasteiger partial charge in [0.1, 0.15) is 23.9 Å². The molecule has 0 radical (unpaired) electrons. The minimum Gasteiger partial charge on any atom is -0.456 e. The van der Waals surface area contributed by atoms with Gasteiger partial charge in [0.05, 0.1) is 24.3 Å². The van der Waals surface area contributed by atoms with Crippen LogP contribution in [0.25, 0.3) is 0 Å². The Bertz CT molecular complexity index is 2250. The van der Waals surface area contributed by atoms with Crippen molar-refractivity contribution in [3.63, 3.8) is 0 Å². The van der Waals surface area contributed by atoms with Crippen molar-refractivity contribution in [1.82, 2.24) is 5.32 Å². The van der Waals surface area contributed by atoms with Gasteiger partial charge < -0.3 is 44.3 Å². The minimum absolute atomic E-state index is 0.0249. The van der Waals surface area contributed by atoms with Crippen LogP contribution in [-0.2, 0) is 42.9 Å². The summed E-state index contributed by atoms with van der Waals surface area (Å²) < 4.78 is 30.0. The Hall–Kier alpha value is -5.45. The van der Waals surface area contributed by atoms with Crippen LogP contribution >= 0.6 is 11.6 Å². The normalized spacial score (nSPS) is 28.9. The van der Waals surface area contributed by atoms with Crippen molar-refractivity contribution in [2.45, 2.75) is 115 Å². The molecule has 0 spiro atoms. The van der Waals surface area contributed by atoms with E-state index in [1.54, 1.807) is 69.3 Å². The Kier molecular flexibility index (Phi) is 14.0. The number of Topliss-reactive ketones (excluding diaryl/α,β-unsaturated/α-hetero) is 1. The second kappa shape index (κ2) is 18.7. The van der Waals surface area contributed by atoms with E-state index >= 15 is 0 Å². The molecule has 16 heteroatoms. The third-order valence-corrected chi connectivity index (χ3v) is 12.9. The molecule has 2 fully saturated rings. The van der Waals surface area contributed by atoms with Crippen molar-refractivity contribution in [1.29, 1.82) is 0 Å². The van der Waals surface area contributed by atoms with Crippen LogP contribution in [0.4, 0.5) is 0 Å². The first kappa shape index (κ1) is 47.0. The van der Waals surface area contributed by atoms with Gasteiger partial charge in [-0.1, -0.05) is 80.9 Å². The van der Waals surface area contributed by atoms with Crippen LogP contribution in [0.15, 0.2) is 96.1 Å². The summed E-state index contributed by atoms with van der Waals surface area (Å²) in [5, 5.41) is 39.8. The number of carbonyl (C=O) groups is 6. The first-order valence-corrected chi connectivity index (χ1v) is 21.0. The molecule has 15 nitrogen and oxygen atoms in total. The molecular weight excluding hydrogens is 838 g/mol. The number of hydrogen-bond acceptors (Lipinski definition) is 14. The van der Waals surface area contributed by atoms with E-state index in [2.05, 4.69) is 5.32 Å². The number of aliphatic hydroxyl groups excluding tert-OH is 2. The molecule has 3 aromatic carbocycles. The molecule has 3 aliphatic rings. The largest absolute Gasteiger partial charge is 0.456 e. The molecule has 4 N–H and O–H groups in total. The van der Waals surface area contributed by atoms with Crippen molar-refractivity contribution in [3.8, 4) is 0 Å². The van der Waals surface area contributed by atoms with Crippen LogP contribution in [-0.4, -0.2) is 105 Å². The van der Waals surface area contributed by atoms with E-state index in [9.17, 15) is 44.1 Å². The van der Waals surface area contributed by atoms with Gasteiger partial charge in [0, 0.05) is 55.0 Å². The average Bonchev–Trinajstić information content (AvgIpc) is 3.23. The number of amides is 1. The van der Waals surface area contributed by atoms with Gasteiger partial charge in [0.2, 0.25) is 0 Å². The van der Waals surface area contributed by atoms with E-state index < -0.39 is 114 Å². The molecule has 1 amide bonds. The fourth-order valence-electron chi connectivity index (χ4n) is 9.17. The number of ether oxygens (including phenoxy) is 5. The van der Waals surface area contributed by atoms with E-state index in [0.29, 0.717) is 10.6 Å². The lowest BCUT2D eigenvalue weighted by molar-refractivity contribution is -0.301. The standard InChI is InChI=1S/C47H52ClNO14/c1-25-35(61-44(57)39(54)38(29-13-9-7-10-14-29)49-42(55)30-17-19-32(48)20-18-30)23-47(58)41(62-43(56)31-15-11-8-12-16-31)26(2)46(63-28(4)51)24-59-36(46)22-33(52)21-34(53)40(60-27(3)50)37(25)45(47,5)6/h7-20,26,33,35-36,38-41,52,54,58H,21-24H2,1-6H3,(H,49,55)/t26-,33-,35+,36-,38+,39-,40+,41+,46-,47-/m1/s1. The fraction of sp³-hybridized carbons (Fsp3) is 0.447. The number of ketones is 1. The van der Waals surface area contributed by atoms with Gasteiger partial charge in [-0.2, -0.15) is 0 Å². The zero-order valence-corrected chi connectivity index (χ0v) is 36.5. The quantitative estimate of drug-likeness (QED) is 0.122. The van der Waals surface area contributed by atoms with Crippen LogP contribution in [0, 0.1) is 11.3 Å². The van der Waals surface area contributed by atoms with E-state index in [4.69, 9.17) is 35.3 Å². The highest BCUT2D eigenvalue weighted by atomic mass is 35.5.